The first kappa shape index (κ1) is 12.5. The van der Waals surface area contributed by atoms with Crippen LogP contribution in [0.3, 0.4) is 0 Å². The Bertz CT molecular complexity index is 234. The molecule has 15 heavy (non-hydrogen) atoms. The molecule has 0 spiro atoms. The van der Waals surface area contributed by atoms with Gasteiger partial charge in [0.25, 0.3) is 0 Å². The fraction of sp³-hybridized carbons (Fsp3) is 0.909. The number of carbonyl (C=O) groups is 1. The first-order valence-electron chi connectivity index (χ1n) is 5.56. The van der Waals surface area contributed by atoms with Gasteiger partial charge in [0.15, 0.2) is 0 Å². The molecular weight excluding hydrogens is 190 g/mol. The third-order valence-corrected chi connectivity index (χ3v) is 2.92. The molecule has 1 atom stereocenters. The van der Waals surface area contributed by atoms with E-state index in [1.54, 1.807) is 0 Å². The lowest BCUT2D eigenvalue weighted by Crippen LogP contribution is -2.53. The van der Waals surface area contributed by atoms with E-state index in [2.05, 4.69) is 18.9 Å². The minimum Gasteiger partial charge on any atom is -0.340 e. The zero-order valence-corrected chi connectivity index (χ0v) is 10.3. The molecule has 1 unspecified atom stereocenters. The number of hydrogen-bond acceptors (Lipinski definition) is 3. The molecule has 0 aromatic carbocycles. The van der Waals surface area contributed by atoms with Crippen LogP contribution in [0.5, 0.6) is 0 Å². The second kappa shape index (κ2) is 4.49. The number of likely N-dealkylation sites (N-methyl/N-ethyl adjacent to an activating group) is 1. The lowest BCUT2D eigenvalue weighted by molar-refractivity contribution is -0.134. The minimum atomic E-state index is -0.399. The fourth-order valence-corrected chi connectivity index (χ4v) is 1.78. The third kappa shape index (κ3) is 3.80. The summed E-state index contributed by atoms with van der Waals surface area (Å²) in [5.74, 6) is 0.183. The van der Waals surface area contributed by atoms with Crippen LogP contribution in [0.4, 0.5) is 0 Å². The zero-order chi connectivity index (χ0) is 11.6. The van der Waals surface area contributed by atoms with E-state index in [0.29, 0.717) is 12.5 Å². The number of amides is 1. The van der Waals surface area contributed by atoms with Crippen LogP contribution in [0.2, 0.25) is 0 Å². The van der Waals surface area contributed by atoms with Crippen LogP contribution in [-0.2, 0) is 4.79 Å². The molecule has 4 heteroatoms. The average molecular weight is 213 g/mol. The molecule has 1 amide bonds. The number of carbonyl (C=O) groups excluding carboxylic acids is 1. The minimum absolute atomic E-state index is 0.183. The highest BCUT2D eigenvalue weighted by atomic mass is 16.2. The van der Waals surface area contributed by atoms with Crippen molar-refractivity contribution in [1.82, 2.24) is 9.80 Å². The van der Waals surface area contributed by atoms with Crippen molar-refractivity contribution in [2.24, 2.45) is 5.73 Å². The van der Waals surface area contributed by atoms with Crippen molar-refractivity contribution in [3.63, 3.8) is 0 Å². The van der Waals surface area contributed by atoms with Gasteiger partial charge in [0.1, 0.15) is 0 Å². The van der Waals surface area contributed by atoms with Crippen molar-refractivity contribution >= 4 is 5.91 Å². The van der Waals surface area contributed by atoms with E-state index in [4.69, 9.17) is 5.73 Å². The number of piperazine rings is 1. The molecule has 0 saturated carbocycles. The summed E-state index contributed by atoms with van der Waals surface area (Å²) < 4.78 is 0. The van der Waals surface area contributed by atoms with Crippen LogP contribution in [0.1, 0.15) is 27.2 Å². The number of rotatable bonds is 2. The summed E-state index contributed by atoms with van der Waals surface area (Å²) >= 11 is 0. The van der Waals surface area contributed by atoms with Crippen LogP contribution in [0, 0.1) is 0 Å². The van der Waals surface area contributed by atoms with Crippen molar-refractivity contribution in [1.29, 1.82) is 0 Å². The molecule has 0 aromatic heterocycles. The van der Waals surface area contributed by atoms with E-state index < -0.39 is 5.54 Å². The number of nitrogens with zero attached hydrogens (tertiary/aromatic N) is 2. The van der Waals surface area contributed by atoms with Crippen molar-refractivity contribution in [2.75, 3.05) is 26.7 Å². The van der Waals surface area contributed by atoms with Crippen LogP contribution < -0.4 is 5.73 Å². The molecule has 4 nitrogen and oxygen atoms in total. The molecule has 0 bridgehead atoms. The Morgan fingerprint density at radius 2 is 2.07 bits per heavy atom. The summed E-state index contributed by atoms with van der Waals surface area (Å²) in [6, 6.07) is 0.448. The first-order chi connectivity index (χ1) is 6.79. The Hall–Kier alpha value is -0.610. The monoisotopic (exact) mass is 213 g/mol. The average Bonchev–Trinajstić information content (AvgIpc) is 2.06. The molecule has 1 saturated heterocycles. The Labute approximate surface area is 92.4 Å². The topological polar surface area (TPSA) is 49.6 Å². The molecule has 1 heterocycles. The molecule has 1 aliphatic rings. The molecule has 88 valence electrons. The Kier molecular flexibility index (Phi) is 3.73. The first-order valence-corrected chi connectivity index (χ1v) is 5.56. The van der Waals surface area contributed by atoms with Gasteiger partial charge < -0.3 is 15.5 Å². The van der Waals surface area contributed by atoms with Gasteiger partial charge in [-0.25, -0.2) is 0 Å². The van der Waals surface area contributed by atoms with Crippen LogP contribution in [0.15, 0.2) is 0 Å². The van der Waals surface area contributed by atoms with E-state index in [9.17, 15) is 4.79 Å². The SMILES string of the molecule is CC1CN(C(=O)CC(C)(C)N)CCN1C. The molecule has 0 aromatic rings. The molecular formula is C11H23N3O. The molecule has 2 N–H and O–H groups in total. The summed E-state index contributed by atoms with van der Waals surface area (Å²) in [5, 5.41) is 0. The smallest absolute Gasteiger partial charge is 0.224 e. The summed E-state index contributed by atoms with van der Waals surface area (Å²) in [6.45, 7) is 8.54. The standard InChI is InChI=1S/C11H23N3O/c1-9-8-14(6-5-13(9)4)10(15)7-11(2,3)12/h9H,5-8,12H2,1-4H3. The third-order valence-electron chi connectivity index (χ3n) is 2.92. The second-order valence-electron chi connectivity index (χ2n) is 5.33. The predicted octanol–water partition coefficient (Wildman–Crippen LogP) is 0.276. The van der Waals surface area contributed by atoms with Gasteiger partial charge in [-0.15, -0.1) is 0 Å². The van der Waals surface area contributed by atoms with Crippen LogP contribution in [-0.4, -0.2) is 54.0 Å². The van der Waals surface area contributed by atoms with E-state index in [-0.39, 0.29) is 5.91 Å². The molecule has 1 rings (SSSR count). The number of hydrogen-bond donors (Lipinski definition) is 1. The maximum atomic E-state index is 11.9. The Morgan fingerprint density at radius 3 is 2.53 bits per heavy atom. The van der Waals surface area contributed by atoms with Gasteiger partial charge in [-0.1, -0.05) is 0 Å². The van der Waals surface area contributed by atoms with E-state index >= 15 is 0 Å². The van der Waals surface area contributed by atoms with Crippen molar-refractivity contribution < 1.29 is 4.79 Å². The summed E-state index contributed by atoms with van der Waals surface area (Å²) in [7, 11) is 2.10. The van der Waals surface area contributed by atoms with Gasteiger partial charge in [0.05, 0.1) is 0 Å². The van der Waals surface area contributed by atoms with E-state index in [0.717, 1.165) is 19.6 Å². The van der Waals surface area contributed by atoms with Crippen LogP contribution >= 0.6 is 0 Å². The maximum Gasteiger partial charge on any atom is 0.224 e. The normalized spacial score (nSPS) is 24.3. The Morgan fingerprint density at radius 1 is 1.47 bits per heavy atom. The summed E-state index contributed by atoms with van der Waals surface area (Å²) in [5.41, 5.74) is 5.45. The molecule has 1 fully saturated rings. The van der Waals surface area contributed by atoms with Gasteiger partial charge in [-0.3, -0.25) is 4.79 Å². The van der Waals surface area contributed by atoms with E-state index in [1.807, 2.05) is 18.7 Å². The van der Waals surface area contributed by atoms with Gasteiger partial charge in [-0.05, 0) is 27.8 Å². The molecule has 1 aliphatic heterocycles. The van der Waals surface area contributed by atoms with Gasteiger partial charge in [0.2, 0.25) is 5.91 Å². The maximum absolute atomic E-state index is 11.9. The number of nitrogens with two attached hydrogens (primary N) is 1. The zero-order valence-electron chi connectivity index (χ0n) is 10.3. The Balaban J connectivity index is 2.48. The van der Waals surface area contributed by atoms with Crippen molar-refractivity contribution in [3.8, 4) is 0 Å². The largest absolute Gasteiger partial charge is 0.340 e. The summed E-state index contributed by atoms with van der Waals surface area (Å²) in [4.78, 5) is 16.1. The van der Waals surface area contributed by atoms with Gasteiger partial charge >= 0.3 is 0 Å². The fourth-order valence-electron chi connectivity index (χ4n) is 1.78. The van der Waals surface area contributed by atoms with Gasteiger partial charge in [-0.2, -0.15) is 0 Å². The lowest BCUT2D eigenvalue weighted by atomic mass is 10.0. The second-order valence-corrected chi connectivity index (χ2v) is 5.33. The highest BCUT2D eigenvalue weighted by Gasteiger charge is 2.26. The van der Waals surface area contributed by atoms with Crippen molar-refractivity contribution in [3.05, 3.63) is 0 Å². The van der Waals surface area contributed by atoms with Gasteiger partial charge in [0, 0.05) is 37.6 Å². The molecule has 0 aliphatic carbocycles. The lowest BCUT2D eigenvalue weighted by Gasteiger charge is -2.38. The van der Waals surface area contributed by atoms with Crippen molar-refractivity contribution in [2.45, 2.75) is 38.8 Å². The highest BCUT2D eigenvalue weighted by molar-refractivity contribution is 5.77. The highest BCUT2D eigenvalue weighted by Crippen LogP contribution is 2.12. The summed E-state index contributed by atoms with van der Waals surface area (Å²) in [6.07, 6.45) is 0.434. The van der Waals surface area contributed by atoms with Crippen LogP contribution in [0.25, 0.3) is 0 Å². The predicted molar refractivity (Wildman–Crippen MR) is 61.6 cm³/mol. The molecule has 0 radical (unpaired) electrons. The quantitative estimate of drug-likeness (QED) is 0.716. The van der Waals surface area contributed by atoms with E-state index in [1.165, 1.54) is 0 Å².